The molecule has 1 saturated heterocycles. The monoisotopic (exact) mass is 446 g/mol. The third-order valence-corrected chi connectivity index (χ3v) is 5.37. The standard InChI is InChI=1S/C24H18N2O7/c1-13(27)25-15-5-7-16(8-6-15)26-21(18-3-2-10-31-18)20(23(29)24(26)30)22(28)14-4-9-17-19(11-14)33-12-32-17/h2-11,21,28H,12H2,1H3,(H,25,27)/b22-20-. The van der Waals surface area contributed by atoms with Gasteiger partial charge in [0.05, 0.1) is 11.8 Å². The first-order valence-electron chi connectivity index (χ1n) is 10.1. The lowest BCUT2D eigenvalue weighted by Gasteiger charge is -2.23. The van der Waals surface area contributed by atoms with Crippen molar-refractivity contribution in [1.82, 2.24) is 0 Å². The second kappa shape index (κ2) is 7.86. The summed E-state index contributed by atoms with van der Waals surface area (Å²) in [5.74, 6) is -0.996. The molecule has 2 aliphatic heterocycles. The molecule has 1 atom stereocenters. The van der Waals surface area contributed by atoms with Gasteiger partial charge in [-0.2, -0.15) is 0 Å². The van der Waals surface area contributed by atoms with E-state index in [1.54, 1.807) is 54.6 Å². The summed E-state index contributed by atoms with van der Waals surface area (Å²) in [6.45, 7) is 1.45. The van der Waals surface area contributed by atoms with E-state index >= 15 is 0 Å². The predicted molar refractivity (Wildman–Crippen MR) is 117 cm³/mol. The van der Waals surface area contributed by atoms with Crippen molar-refractivity contribution in [2.45, 2.75) is 13.0 Å². The molecule has 2 amide bonds. The van der Waals surface area contributed by atoms with E-state index in [2.05, 4.69) is 5.32 Å². The summed E-state index contributed by atoms with van der Waals surface area (Å²) in [5.41, 5.74) is 1.13. The number of carbonyl (C=O) groups excluding carboxylic acids is 3. The second-order valence-electron chi connectivity index (χ2n) is 7.48. The Morgan fingerprint density at radius 1 is 1.06 bits per heavy atom. The van der Waals surface area contributed by atoms with Crippen LogP contribution in [0.5, 0.6) is 11.5 Å². The molecule has 3 heterocycles. The summed E-state index contributed by atoms with van der Waals surface area (Å²) in [7, 11) is 0. The van der Waals surface area contributed by atoms with Crippen LogP contribution in [0.4, 0.5) is 11.4 Å². The van der Waals surface area contributed by atoms with E-state index in [0.717, 1.165) is 0 Å². The Bertz CT molecular complexity index is 1290. The van der Waals surface area contributed by atoms with Crippen LogP contribution in [-0.2, 0) is 14.4 Å². The van der Waals surface area contributed by atoms with Gasteiger partial charge in [-0.3, -0.25) is 19.3 Å². The van der Waals surface area contributed by atoms with Crippen LogP contribution < -0.4 is 19.7 Å². The lowest BCUT2D eigenvalue weighted by atomic mass is 9.99. The summed E-state index contributed by atoms with van der Waals surface area (Å²) in [4.78, 5) is 38.7. The van der Waals surface area contributed by atoms with Gasteiger partial charge in [0, 0.05) is 23.9 Å². The molecule has 166 valence electrons. The molecule has 1 fully saturated rings. The van der Waals surface area contributed by atoms with Gasteiger partial charge in [-0.05, 0) is 54.6 Å². The minimum Gasteiger partial charge on any atom is -0.507 e. The van der Waals surface area contributed by atoms with E-state index in [1.165, 1.54) is 18.1 Å². The van der Waals surface area contributed by atoms with Crippen LogP contribution in [-0.4, -0.2) is 29.5 Å². The Kier molecular flexibility index (Phi) is 4.86. The Morgan fingerprint density at radius 3 is 2.52 bits per heavy atom. The normalized spacial score (nSPS) is 18.6. The topological polar surface area (TPSA) is 118 Å². The van der Waals surface area contributed by atoms with Gasteiger partial charge >= 0.3 is 0 Å². The largest absolute Gasteiger partial charge is 0.507 e. The number of aliphatic hydroxyl groups is 1. The van der Waals surface area contributed by atoms with Gasteiger partial charge in [-0.1, -0.05) is 0 Å². The van der Waals surface area contributed by atoms with Crippen LogP contribution >= 0.6 is 0 Å². The number of furan rings is 1. The lowest BCUT2D eigenvalue weighted by Crippen LogP contribution is -2.29. The number of hydrogen-bond donors (Lipinski definition) is 2. The van der Waals surface area contributed by atoms with Crippen molar-refractivity contribution in [3.05, 3.63) is 77.8 Å². The van der Waals surface area contributed by atoms with Crippen molar-refractivity contribution in [3.63, 3.8) is 0 Å². The molecule has 0 aliphatic carbocycles. The summed E-state index contributed by atoms with van der Waals surface area (Å²) >= 11 is 0. The van der Waals surface area contributed by atoms with Gasteiger partial charge in [0.1, 0.15) is 17.6 Å². The number of carbonyl (C=O) groups is 3. The Balaban J connectivity index is 1.61. The minimum absolute atomic E-state index is 0.0603. The van der Waals surface area contributed by atoms with E-state index in [4.69, 9.17) is 13.9 Å². The highest BCUT2D eigenvalue weighted by Gasteiger charge is 2.48. The zero-order valence-electron chi connectivity index (χ0n) is 17.4. The molecule has 0 spiro atoms. The van der Waals surface area contributed by atoms with Crippen LogP contribution in [0, 0.1) is 0 Å². The highest BCUT2D eigenvalue weighted by molar-refractivity contribution is 6.51. The van der Waals surface area contributed by atoms with Crippen LogP contribution in [0.3, 0.4) is 0 Å². The zero-order chi connectivity index (χ0) is 23.1. The second-order valence-corrected chi connectivity index (χ2v) is 7.48. The number of benzene rings is 2. The highest BCUT2D eigenvalue weighted by Crippen LogP contribution is 2.43. The Labute approximate surface area is 187 Å². The maximum atomic E-state index is 13.1. The number of ether oxygens (including phenoxy) is 2. The first kappa shape index (κ1) is 20.4. The quantitative estimate of drug-likeness (QED) is 0.357. The van der Waals surface area contributed by atoms with E-state index in [1.807, 2.05) is 0 Å². The molecule has 2 aromatic carbocycles. The van der Waals surface area contributed by atoms with Crippen LogP contribution in [0.25, 0.3) is 5.76 Å². The fraction of sp³-hybridized carbons (Fsp3) is 0.125. The number of nitrogens with one attached hydrogen (secondary N) is 1. The summed E-state index contributed by atoms with van der Waals surface area (Å²) in [5, 5.41) is 13.8. The summed E-state index contributed by atoms with van der Waals surface area (Å²) in [6.07, 6.45) is 1.43. The van der Waals surface area contributed by atoms with Crippen molar-refractivity contribution >= 4 is 34.7 Å². The fourth-order valence-electron chi connectivity index (χ4n) is 3.92. The first-order chi connectivity index (χ1) is 15.9. The maximum Gasteiger partial charge on any atom is 0.300 e. The smallest absolute Gasteiger partial charge is 0.300 e. The van der Waals surface area contributed by atoms with Crippen molar-refractivity contribution in [3.8, 4) is 11.5 Å². The van der Waals surface area contributed by atoms with Gasteiger partial charge < -0.3 is 24.3 Å². The van der Waals surface area contributed by atoms with E-state index < -0.39 is 17.7 Å². The molecule has 2 N–H and O–H groups in total. The zero-order valence-corrected chi connectivity index (χ0v) is 17.4. The lowest BCUT2D eigenvalue weighted by molar-refractivity contribution is -0.132. The SMILES string of the molecule is CC(=O)Nc1ccc(N2C(=O)C(=O)/C(=C(\O)c3ccc4c(c3)OCO4)C2c2ccco2)cc1. The Hall–Kier alpha value is -4.53. The molecule has 9 heteroatoms. The molecular weight excluding hydrogens is 428 g/mol. The van der Waals surface area contributed by atoms with E-state index in [-0.39, 0.29) is 24.0 Å². The molecular formula is C24H18N2O7. The Morgan fingerprint density at radius 2 is 1.82 bits per heavy atom. The number of Topliss-reactive ketones (excluding diaryl/α,β-unsaturated/α-hetero) is 1. The number of nitrogens with zero attached hydrogens (tertiary/aromatic N) is 1. The summed E-state index contributed by atoms with van der Waals surface area (Å²) in [6, 6.07) is 13.5. The van der Waals surface area contributed by atoms with Crippen molar-refractivity contribution in [2.75, 3.05) is 17.0 Å². The van der Waals surface area contributed by atoms with Gasteiger partial charge in [0.2, 0.25) is 12.7 Å². The van der Waals surface area contributed by atoms with Gasteiger partial charge in [0.25, 0.3) is 11.7 Å². The number of rotatable bonds is 4. The number of fused-ring (bicyclic) bond motifs is 1. The molecule has 3 aromatic rings. The van der Waals surface area contributed by atoms with E-state index in [9.17, 15) is 19.5 Å². The van der Waals surface area contributed by atoms with Gasteiger partial charge in [-0.15, -0.1) is 0 Å². The molecule has 0 radical (unpaired) electrons. The number of amides is 2. The minimum atomic E-state index is -0.989. The van der Waals surface area contributed by atoms with E-state index in [0.29, 0.717) is 34.2 Å². The van der Waals surface area contributed by atoms with Gasteiger partial charge in [0.15, 0.2) is 11.5 Å². The van der Waals surface area contributed by atoms with Crippen LogP contribution in [0.2, 0.25) is 0 Å². The molecule has 1 unspecified atom stereocenters. The highest BCUT2D eigenvalue weighted by atomic mass is 16.7. The van der Waals surface area contributed by atoms with Gasteiger partial charge in [-0.25, -0.2) is 0 Å². The average molecular weight is 446 g/mol. The average Bonchev–Trinajstić information content (AvgIpc) is 3.54. The third kappa shape index (κ3) is 3.49. The molecule has 9 nitrogen and oxygen atoms in total. The maximum absolute atomic E-state index is 13.1. The summed E-state index contributed by atoms with van der Waals surface area (Å²) < 4.78 is 16.2. The van der Waals surface area contributed by atoms with Crippen molar-refractivity contribution in [1.29, 1.82) is 0 Å². The molecule has 33 heavy (non-hydrogen) atoms. The predicted octanol–water partition coefficient (Wildman–Crippen LogP) is 3.59. The molecule has 0 bridgehead atoms. The number of ketones is 1. The number of hydrogen-bond acceptors (Lipinski definition) is 7. The molecule has 2 aliphatic rings. The fourth-order valence-corrected chi connectivity index (χ4v) is 3.92. The van der Waals surface area contributed by atoms with Crippen molar-refractivity contribution < 1.29 is 33.4 Å². The third-order valence-electron chi connectivity index (χ3n) is 5.37. The number of aliphatic hydroxyl groups excluding tert-OH is 1. The van der Waals surface area contributed by atoms with Crippen molar-refractivity contribution in [2.24, 2.45) is 0 Å². The number of anilines is 2. The first-order valence-corrected chi connectivity index (χ1v) is 10.1. The van der Waals surface area contributed by atoms with Crippen LogP contribution in [0.15, 0.2) is 70.9 Å². The molecule has 1 aromatic heterocycles. The molecule has 5 rings (SSSR count). The van der Waals surface area contributed by atoms with Crippen LogP contribution in [0.1, 0.15) is 24.3 Å². The molecule has 0 saturated carbocycles.